The topological polar surface area (TPSA) is 78.2 Å². The van der Waals surface area contributed by atoms with Crippen molar-refractivity contribution in [2.24, 2.45) is 4.99 Å². The van der Waals surface area contributed by atoms with Gasteiger partial charge in [0, 0.05) is 19.1 Å². The van der Waals surface area contributed by atoms with Crippen LogP contribution in [-0.2, 0) is 11.0 Å². The van der Waals surface area contributed by atoms with Crippen molar-refractivity contribution in [1.82, 2.24) is 9.80 Å². The van der Waals surface area contributed by atoms with Crippen molar-refractivity contribution in [2.45, 2.75) is 25.1 Å². The summed E-state index contributed by atoms with van der Waals surface area (Å²) >= 11 is 1.31. The number of alkyl halides is 3. The highest BCUT2D eigenvalue weighted by Gasteiger charge is 2.35. The molecule has 194 valence electrons. The average Bonchev–Trinajstić information content (AvgIpc) is 3.24. The highest BCUT2D eigenvalue weighted by Crippen LogP contribution is 2.41. The summed E-state index contributed by atoms with van der Waals surface area (Å²) in [6, 6.07) is 9.97. The first-order chi connectivity index (χ1) is 17.6. The lowest BCUT2D eigenvalue weighted by Crippen LogP contribution is -2.43. The van der Waals surface area contributed by atoms with E-state index in [1.54, 1.807) is 24.3 Å². The van der Waals surface area contributed by atoms with Crippen LogP contribution in [0.3, 0.4) is 0 Å². The third-order valence-corrected chi connectivity index (χ3v) is 7.24. The molecule has 4 rings (SSSR count). The van der Waals surface area contributed by atoms with Gasteiger partial charge in [-0.1, -0.05) is 6.07 Å². The molecule has 0 saturated carbocycles. The predicted octanol–water partition coefficient (Wildman–Crippen LogP) is 5.37. The first-order valence-electron chi connectivity index (χ1n) is 11.5. The standard InChI is InChI=1S/C26H25F3N4O3S/c1-32(2)18-8-10-33(11-9-18)25-31-24(34)23(37-25)14-16-4-7-21(22(13-16)35-3)36-20-6-5-17(15-30)12-19(20)26(27,28)29/h4-7,12-14,18H,8-11H2,1-3H3/b23-14+. The van der Waals surface area contributed by atoms with Gasteiger partial charge in [0.1, 0.15) is 5.75 Å². The Morgan fingerprint density at radius 1 is 1.14 bits per heavy atom. The normalized spacial score (nSPS) is 17.8. The SMILES string of the molecule is COc1cc(/C=C2/SC(N3CCC(N(C)C)CC3)=NC2=O)ccc1Oc1ccc(C#N)cc1C(F)(F)F. The third kappa shape index (κ3) is 6.09. The van der Waals surface area contributed by atoms with Crippen molar-refractivity contribution < 1.29 is 27.4 Å². The van der Waals surface area contributed by atoms with Crippen molar-refractivity contribution in [3.8, 4) is 23.3 Å². The summed E-state index contributed by atoms with van der Waals surface area (Å²) in [7, 11) is 5.50. The lowest BCUT2D eigenvalue weighted by molar-refractivity contribution is -0.138. The first-order valence-corrected chi connectivity index (χ1v) is 12.3. The van der Waals surface area contributed by atoms with E-state index in [0.29, 0.717) is 21.7 Å². The molecule has 2 aromatic carbocycles. The molecule has 0 unspecified atom stereocenters. The summed E-state index contributed by atoms with van der Waals surface area (Å²) in [5.41, 5.74) is -0.582. The zero-order valence-corrected chi connectivity index (χ0v) is 21.3. The van der Waals surface area contributed by atoms with E-state index in [2.05, 4.69) is 28.9 Å². The number of likely N-dealkylation sites (tertiary alicyclic amines) is 1. The fourth-order valence-electron chi connectivity index (χ4n) is 4.14. The molecule has 1 saturated heterocycles. The van der Waals surface area contributed by atoms with E-state index in [1.807, 2.05) is 0 Å². The Bertz CT molecular complexity index is 1290. The van der Waals surface area contributed by atoms with Crippen molar-refractivity contribution >= 4 is 28.9 Å². The molecule has 7 nitrogen and oxygen atoms in total. The Morgan fingerprint density at radius 2 is 1.84 bits per heavy atom. The number of nitrogens with zero attached hydrogens (tertiary/aromatic N) is 4. The van der Waals surface area contributed by atoms with Gasteiger partial charge in [0.15, 0.2) is 16.7 Å². The lowest BCUT2D eigenvalue weighted by Gasteiger charge is -2.35. The molecule has 0 atom stereocenters. The number of benzene rings is 2. The number of carbonyl (C=O) groups excluding carboxylic acids is 1. The number of nitriles is 1. The van der Waals surface area contributed by atoms with Crippen LogP contribution in [0.4, 0.5) is 13.2 Å². The smallest absolute Gasteiger partial charge is 0.420 e. The first kappa shape index (κ1) is 26.6. The summed E-state index contributed by atoms with van der Waals surface area (Å²) in [5, 5.41) is 9.64. The van der Waals surface area contributed by atoms with Gasteiger partial charge < -0.3 is 19.3 Å². The number of halogens is 3. The van der Waals surface area contributed by atoms with Crippen molar-refractivity contribution in [1.29, 1.82) is 5.26 Å². The second kappa shape index (κ2) is 10.9. The molecular weight excluding hydrogens is 505 g/mol. The third-order valence-electron chi connectivity index (χ3n) is 6.19. The van der Waals surface area contributed by atoms with Crippen LogP contribution in [0.15, 0.2) is 46.3 Å². The van der Waals surface area contributed by atoms with E-state index in [1.165, 1.54) is 31.0 Å². The Labute approximate surface area is 217 Å². The second-order valence-corrected chi connectivity index (χ2v) is 9.83. The van der Waals surface area contributed by atoms with E-state index in [-0.39, 0.29) is 23.0 Å². The summed E-state index contributed by atoms with van der Waals surface area (Å²) < 4.78 is 51.4. The zero-order chi connectivity index (χ0) is 26.7. The molecule has 2 aliphatic heterocycles. The van der Waals surface area contributed by atoms with E-state index in [9.17, 15) is 18.0 Å². The lowest BCUT2D eigenvalue weighted by atomic mass is 10.1. The van der Waals surface area contributed by atoms with Gasteiger partial charge in [0.2, 0.25) is 0 Å². The minimum absolute atomic E-state index is 0.0611. The molecule has 0 bridgehead atoms. The quantitative estimate of drug-likeness (QED) is 0.481. The number of hydrogen-bond donors (Lipinski definition) is 0. The van der Waals surface area contributed by atoms with Gasteiger partial charge in [-0.2, -0.15) is 23.4 Å². The Hall–Kier alpha value is -3.49. The summed E-state index contributed by atoms with van der Waals surface area (Å²) in [4.78, 5) is 21.6. The molecule has 1 fully saturated rings. The van der Waals surface area contributed by atoms with Crippen LogP contribution in [0.2, 0.25) is 0 Å². The van der Waals surface area contributed by atoms with Crippen molar-refractivity contribution in [2.75, 3.05) is 34.3 Å². The molecule has 0 spiro atoms. The monoisotopic (exact) mass is 530 g/mol. The summed E-state index contributed by atoms with van der Waals surface area (Å²) in [6.07, 6.45) is -1.05. The Balaban J connectivity index is 1.51. The number of piperidine rings is 1. The Morgan fingerprint density at radius 3 is 2.46 bits per heavy atom. The summed E-state index contributed by atoms with van der Waals surface area (Å²) in [5.74, 6) is -0.532. The average molecular weight is 531 g/mol. The highest BCUT2D eigenvalue weighted by molar-refractivity contribution is 8.18. The largest absolute Gasteiger partial charge is 0.493 e. The molecule has 11 heteroatoms. The molecule has 1 amide bonds. The van der Waals surface area contributed by atoms with Crippen LogP contribution in [-0.4, -0.2) is 61.2 Å². The number of amides is 1. The fraction of sp³-hybridized carbons (Fsp3) is 0.346. The van der Waals surface area contributed by atoms with Crippen LogP contribution < -0.4 is 9.47 Å². The second-order valence-electron chi connectivity index (χ2n) is 8.82. The van der Waals surface area contributed by atoms with Gasteiger partial charge in [-0.3, -0.25) is 4.79 Å². The highest BCUT2D eigenvalue weighted by atomic mass is 32.2. The number of aliphatic imine (C=N–C) groups is 1. The fourth-order valence-corrected chi connectivity index (χ4v) is 5.11. The minimum Gasteiger partial charge on any atom is -0.493 e. The number of carbonyl (C=O) groups is 1. The molecule has 2 heterocycles. The van der Waals surface area contributed by atoms with Crippen LogP contribution >= 0.6 is 11.8 Å². The van der Waals surface area contributed by atoms with E-state index in [0.717, 1.165) is 38.1 Å². The molecule has 0 radical (unpaired) electrons. The predicted molar refractivity (Wildman–Crippen MR) is 136 cm³/mol. The zero-order valence-electron chi connectivity index (χ0n) is 20.5. The maximum absolute atomic E-state index is 13.5. The number of thioether (sulfide) groups is 1. The molecule has 0 N–H and O–H groups in total. The number of ether oxygens (including phenoxy) is 2. The van der Waals surface area contributed by atoms with E-state index >= 15 is 0 Å². The number of amidine groups is 1. The van der Waals surface area contributed by atoms with Gasteiger partial charge in [-0.05, 0) is 80.7 Å². The van der Waals surface area contributed by atoms with Crippen LogP contribution in [0.1, 0.15) is 29.5 Å². The molecule has 37 heavy (non-hydrogen) atoms. The van der Waals surface area contributed by atoms with Gasteiger partial charge in [0.05, 0.1) is 29.2 Å². The minimum atomic E-state index is -4.71. The molecule has 2 aliphatic rings. The summed E-state index contributed by atoms with van der Waals surface area (Å²) in [6.45, 7) is 1.65. The van der Waals surface area contributed by atoms with E-state index in [4.69, 9.17) is 14.7 Å². The molecule has 0 aliphatic carbocycles. The van der Waals surface area contributed by atoms with Gasteiger partial charge in [-0.25, -0.2) is 0 Å². The van der Waals surface area contributed by atoms with Gasteiger partial charge >= 0.3 is 6.18 Å². The van der Waals surface area contributed by atoms with Crippen LogP contribution in [0.5, 0.6) is 17.2 Å². The van der Waals surface area contributed by atoms with E-state index < -0.39 is 17.5 Å². The van der Waals surface area contributed by atoms with Gasteiger partial charge in [-0.15, -0.1) is 0 Å². The van der Waals surface area contributed by atoms with Crippen molar-refractivity contribution in [3.63, 3.8) is 0 Å². The number of rotatable bonds is 5. The van der Waals surface area contributed by atoms with Crippen LogP contribution in [0.25, 0.3) is 6.08 Å². The van der Waals surface area contributed by atoms with Gasteiger partial charge in [0.25, 0.3) is 5.91 Å². The number of hydrogen-bond acceptors (Lipinski definition) is 7. The molecular formula is C26H25F3N4O3S. The molecule has 0 aromatic heterocycles. The maximum atomic E-state index is 13.5. The van der Waals surface area contributed by atoms with Crippen molar-refractivity contribution in [3.05, 3.63) is 58.0 Å². The number of methoxy groups -OCH3 is 1. The Kier molecular flexibility index (Phi) is 7.80. The van der Waals surface area contributed by atoms with Crippen LogP contribution in [0, 0.1) is 11.3 Å². The maximum Gasteiger partial charge on any atom is 0.420 e. The molecule has 2 aromatic rings.